The van der Waals surface area contributed by atoms with Gasteiger partial charge in [-0.05, 0) is 37.0 Å². The number of hydrogen-bond donors (Lipinski definition) is 0. The Kier molecular flexibility index (Phi) is 12.2. The predicted molar refractivity (Wildman–Crippen MR) is 127 cm³/mol. The lowest BCUT2D eigenvalue weighted by Crippen LogP contribution is -2.22. The summed E-state index contributed by atoms with van der Waals surface area (Å²) in [5.74, 6) is -0.208. The second-order valence-corrected chi connectivity index (χ2v) is 8.08. The molecule has 184 valence electrons. The Balaban J connectivity index is 1.83. The van der Waals surface area contributed by atoms with Crippen LogP contribution in [0.3, 0.4) is 0 Å². The maximum Gasteiger partial charge on any atom is 0.514 e. The van der Waals surface area contributed by atoms with Crippen LogP contribution in [0, 0.1) is 10.1 Å². The van der Waals surface area contributed by atoms with Crippen molar-refractivity contribution in [2.45, 2.75) is 77.4 Å². The number of nitrogens with zero attached hydrogens (tertiary/aromatic N) is 1. The van der Waals surface area contributed by atoms with Crippen LogP contribution in [0.15, 0.2) is 54.6 Å². The van der Waals surface area contributed by atoms with E-state index in [4.69, 9.17) is 14.2 Å². The molecule has 34 heavy (non-hydrogen) atoms. The average Bonchev–Trinajstić information content (AvgIpc) is 2.84. The number of carbonyl (C=O) groups excluding carboxylic acids is 2. The zero-order valence-electron chi connectivity index (χ0n) is 19.6. The summed E-state index contributed by atoms with van der Waals surface area (Å²) in [5.41, 5.74) is 0.804. The van der Waals surface area contributed by atoms with Gasteiger partial charge in [0.05, 0.1) is 4.92 Å². The molecule has 1 atom stereocenters. The topological polar surface area (TPSA) is 105 Å². The van der Waals surface area contributed by atoms with E-state index in [0.717, 1.165) is 24.8 Å². The number of non-ortho nitro benzene ring substituents is 1. The van der Waals surface area contributed by atoms with Crippen LogP contribution in [0.1, 0.15) is 70.3 Å². The van der Waals surface area contributed by atoms with Crippen LogP contribution in [0.25, 0.3) is 0 Å². The lowest BCUT2D eigenvalue weighted by Gasteiger charge is -2.17. The molecule has 0 aliphatic carbocycles. The van der Waals surface area contributed by atoms with Gasteiger partial charge in [0.2, 0.25) is 0 Å². The monoisotopic (exact) mass is 471 g/mol. The van der Waals surface area contributed by atoms with Crippen molar-refractivity contribution in [3.63, 3.8) is 0 Å². The van der Waals surface area contributed by atoms with Crippen LogP contribution in [0.5, 0.6) is 5.75 Å². The molecule has 0 radical (unpaired) electrons. The molecule has 0 spiro atoms. The van der Waals surface area contributed by atoms with E-state index >= 15 is 0 Å². The van der Waals surface area contributed by atoms with E-state index in [1.54, 1.807) is 0 Å². The molecule has 0 aliphatic rings. The third-order valence-electron chi connectivity index (χ3n) is 5.30. The van der Waals surface area contributed by atoms with Gasteiger partial charge in [0, 0.05) is 18.6 Å². The first-order chi connectivity index (χ1) is 16.5. The first-order valence-corrected chi connectivity index (χ1v) is 11.8. The van der Waals surface area contributed by atoms with Crippen LogP contribution >= 0.6 is 0 Å². The lowest BCUT2D eigenvalue weighted by molar-refractivity contribution is -0.384. The third-order valence-corrected chi connectivity index (χ3v) is 5.30. The van der Waals surface area contributed by atoms with Crippen molar-refractivity contribution in [1.82, 2.24) is 0 Å². The molecular weight excluding hydrogens is 438 g/mol. The molecule has 8 heteroatoms. The van der Waals surface area contributed by atoms with E-state index in [2.05, 4.69) is 6.92 Å². The van der Waals surface area contributed by atoms with Crippen molar-refractivity contribution < 1.29 is 28.7 Å². The standard InChI is InChI=1S/C26H33NO7/c1-2-3-4-5-6-10-13-23(18-19-25(28)32-20-21-11-8-7-9-12-21)33-26(29)34-24-16-14-22(15-17-24)27(30)31/h7-9,11-12,14-17,23H,2-6,10,13,18-20H2,1H3. The molecule has 2 aromatic rings. The maximum absolute atomic E-state index is 12.3. The minimum atomic E-state index is -0.900. The molecule has 0 fully saturated rings. The zero-order chi connectivity index (χ0) is 24.6. The average molecular weight is 472 g/mol. The number of esters is 1. The minimum absolute atomic E-state index is 0.101. The Hall–Kier alpha value is -3.42. The number of rotatable bonds is 15. The molecule has 0 bridgehead atoms. The number of nitro benzene ring substituents is 1. The number of nitro groups is 1. The summed E-state index contributed by atoms with van der Waals surface area (Å²) in [4.78, 5) is 34.7. The van der Waals surface area contributed by atoms with Gasteiger partial charge in [-0.3, -0.25) is 14.9 Å². The highest BCUT2D eigenvalue weighted by atomic mass is 16.7. The normalized spacial score (nSPS) is 11.4. The van der Waals surface area contributed by atoms with Crippen molar-refractivity contribution in [3.8, 4) is 5.75 Å². The van der Waals surface area contributed by atoms with Crippen molar-refractivity contribution in [2.24, 2.45) is 0 Å². The van der Waals surface area contributed by atoms with Crippen molar-refractivity contribution in [2.75, 3.05) is 0 Å². The van der Waals surface area contributed by atoms with Gasteiger partial charge in [0.15, 0.2) is 0 Å². The summed E-state index contributed by atoms with van der Waals surface area (Å²) >= 11 is 0. The predicted octanol–water partition coefficient (Wildman–Crippen LogP) is 6.75. The summed E-state index contributed by atoms with van der Waals surface area (Å²) in [6.45, 7) is 2.36. The minimum Gasteiger partial charge on any atom is -0.461 e. The molecule has 0 saturated heterocycles. The highest BCUT2D eigenvalue weighted by Crippen LogP contribution is 2.20. The summed E-state index contributed by atoms with van der Waals surface area (Å²) in [7, 11) is 0. The Morgan fingerprint density at radius 2 is 1.59 bits per heavy atom. The van der Waals surface area contributed by atoms with E-state index in [9.17, 15) is 19.7 Å². The molecule has 0 heterocycles. The lowest BCUT2D eigenvalue weighted by atomic mass is 10.0. The number of unbranched alkanes of at least 4 members (excludes halogenated alkanes) is 5. The van der Waals surface area contributed by atoms with E-state index in [-0.39, 0.29) is 30.4 Å². The van der Waals surface area contributed by atoms with Gasteiger partial charge in [0.1, 0.15) is 18.5 Å². The quantitative estimate of drug-likeness (QED) is 0.0929. The van der Waals surface area contributed by atoms with Gasteiger partial charge in [0.25, 0.3) is 5.69 Å². The SMILES string of the molecule is CCCCCCCCC(CCC(=O)OCc1ccccc1)OC(=O)Oc1ccc([N+](=O)[O-])cc1. The second-order valence-electron chi connectivity index (χ2n) is 8.08. The highest BCUT2D eigenvalue weighted by Gasteiger charge is 2.19. The van der Waals surface area contributed by atoms with Gasteiger partial charge >= 0.3 is 12.1 Å². The molecule has 0 amide bonds. The Bertz CT molecular complexity index is 884. The molecule has 8 nitrogen and oxygen atoms in total. The van der Waals surface area contributed by atoms with Gasteiger partial charge < -0.3 is 14.2 Å². The molecular formula is C26H33NO7. The van der Waals surface area contributed by atoms with Crippen LogP contribution in [0.2, 0.25) is 0 Å². The Morgan fingerprint density at radius 1 is 0.912 bits per heavy atom. The van der Waals surface area contributed by atoms with Crippen molar-refractivity contribution in [3.05, 3.63) is 70.3 Å². The smallest absolute Gasteiger partial charge is 0.461 e. The third kappa shape index (κ3) is 10.9. The molecule has 0 aliphatic heterocycles. The maximum atomic E-state index is 12.3. The van der Waals surface area contributed by atoms with E-state index in [1.807, 2.05) is 30.3 Å². The van der Waals surface area contributed by atoms with Gasteiger partial charge in [-0.2, -0.15) is 0 Å². The van der Waals surface area contributed by atoms with Crippen LogP contribution in [-0.4, -0.2) is 23.2 Å². The van der Waals surface area contributed by atoms with Crippen molar-refractivity contribution in [1.29, 1.82) is 0 Å². The van der Waals surface area contributed by atoms with Crippen LogP contribution in [0.4, 0.5) is 10.5 Å². The largest absolute Gasteiger partial charge is 0.514 e. The zero-order valence-corrected chi connectivity index (χ0v) is 19.6. The number of hydrogen-bond acceptors (Lipinski definition) is 7. The summed E-state index contributed by atoms with van der Waals surface area (Å²) in [6.07, 6.45) is 6.25. The van der Waals surface area contributed by atoms with Gasteiger partial charge in [-0.15, -0.1) is 0 Å². The molecule has 1 unspecified atom stereocenters. The Labute approximate surface area is 200 Å². The van der Waals surface area contributed by atoms with E-state index in [0.29, 0.717) is 12.8 Å². The highest BCUT2D eigenvalue weighted by molar-refractivity contribution is 5.69. The molecule has 0 aromatic heterocycles. The van der Waals surface area contributed by atoms with Crippen LogP contribution in [-0.2, 0) is 20.9 Å². The molecule has 0 N–H and O–H groups in total. The van der Waals surface area contributed by atoms with Gasteiger partial charge in [-0.25, -0.2) is 4.79 Å². The fourth-order valence-electron chi connectivity index (χ4n) is 3.40. The summed E-state index contributed by atoms with van der Waals surface area (Å²) < 4.78 is 15.9. The molecule has 0 saturated carbocycles. The summed E-state index contributed by atoms with van der Waals surface area (Å²) in [6, 6.07) is 14.6. The summed E-state index contributed by atoms with van der Waals surface area (Å²) in [5, 5.41) is 10.8. The fraction of sp³-hybridized carbons (Fsp3) is 0.462. The number of benzene rings is 2. The van der Waals surface area contributed by atoms with Crippen molar-refractivity contribution >= 4 is 17.8 Å². The number of ether oxygens (including phenoxy) is 3. The first-order valence-electron chi connectivity index (χ1n) is 11.8. The van der Waals surface area contributed by atoms with Gasteiger partial charge in [-0.1, -0.05) is 69.4 Å². The first kappa shape index (κ1) is 26.8. The van der Waals surface area contributed by atoms with Crippen LogP contribution < -0.4 is 4.74 Å². The molecule has 2 aromatic carbocycles. The number of carbonyl (C=O) groups is 2. The second kappa shape index (κ2) is 15.4. The van der Waals surface area contributed by atoms with E-state index in [1.165, 1.54) is 43.5 Å². The fourth-order valence-corrected chi connectivity index (χ4v) is 3.40. The molecule has 2 rings (SSSR count). The van der Waals surface area contributed by atoms with E-state index < -0.39 is 17.2 Å². The Morgan fingerprint density at radius 3 is 2.26 bits per heavy atom.